The van der Waals surface area contributed by atoms with Crippen LogP contribution in [0.3, 0.4) is 0 Å². The van der Waals surface area contributed by atoms with Gasteiger partial charge in [0.25, 0.3) is 5.91 Å². The van der Waals surface area contributed by atoms with Gasteiger partial charge in [0, 0.05) is 12.2 Å². The number of nitrogens with one attached hydrogen (secondary N) is 3. The number of carbonyl (C=O) groups is 3. The molecule has 0 spiro atoms. The zero-order valence-electron chi connectivity index (χ0n) is 15.7. The third kappa shape index (κ3) is 5.99. The standard InChI is InChI=1S/C20H23ClN4O3/c1-12(2)17(25-18(26)15-5-3-4-6-16(15)21)19(27)23-11-13-7-9-14(10-8-13)24-20(22)28/h3-10,12,17H,11H2,1-2H3,(H,23,27)(H,25,26)(H3,22,24,28). The molecule has 4 amide bonds. The molecule has 2 aromatic rings. The van der Waals surface area contributed by atoms with Crippen molar-refractivity contribution >= 4 is 35.1 Å². The minimum Gasteiger partial charge on any atom is -0.351 e. The van der Waals surface area contributed by atoms with Crippen LogP contribution in [0.1, 0.15) is 29.8 Å². The van der Waals surface area contributed by atoms with Crippen LogP contribution in [0.25, 0.3) is 0 Å². The van der Waals surface area contributed by atoms with Crippen molar-refractivity contribution in [1.29, 1.82) is 0 Å². The lowest BCUT2D eigenvalue weighted by molar-refractivity contribution is -0.124. The summed E-state index contributed by atoms with van der Waals surface area (Å²) in [6.07, 6.45) is 0. The van der Waals surface area contributed by atoms with E-state index in [2.05, 4.69) is 16.0 Å². The highest BCUT2D eigenvalue weighted by molar-refractivity contribution is 6.33. The normalized spacial score (nSPS) is 11.6. The van der Waals surface area contributed by atoms with Crippen molar-refractivity contribution in [3.05, 3.63) is 64.7 Å². The SMILES string of the molecule is CC(C)C(NC(=O)c1ccccc1Cl)C(=O)NCc1ccc(NC(N)=O)cc1. The number of urea groups is 1. The highest BCUT2D eigenvalue weighted by atomic mass is 35.5. The Bertz CT molecular complexity index is 853. The molecule has 1 unspecified atom stereocenters. The van der Waals surface area contributed by atoms with E-state index >= 15 is 0 Å². The Kier molecular flexibility index (Phi) is 7.40. The number of nitrogens with two attached hydrogens (primary N) is 1. The lowest BCUT2D eigenvalue weighted by Gasteiger charge is -2.22. The van der Waals surface area contributed by atoms with Crippen LogP contribution in [-0.4, -0.2) is 23.9 Å². The summed E-state index contributed by atoms with van der Waals surface area (Å²) in [6, 6.07) is 12.2. The van der Waals surface area contributed by atoms with Crippen molar-refractivity contribution < 1.29 is 14.4 Å². The van der Waals surface area contributed by atoms with Gasteiger partial charge in [-0.05, 0) is 35.7 Å². The van der Waals surface area contributed by atoms with Crippen LogP contribution >= 0.6 is 11.6 Å². The quantitative estimate of drug-likeness (QED) is 0.571. The van der Waals surface area contributed by atoms with E-state index in [9.17, 15) is 14.4 Å². The molecule has 0 saturated carbocycles. The van der Waals surface area contributed by atoms with Gasteiger partial charge in [0.15, 0.2) is 0 Å². The van der Waals surface area contributed by atoms with Crippen molar-refractivity contribution in [3.63, 3.8) is 0 Å². The first-order valence-electron chi connectivity index (χ1n) is 8.76. The number of halogens is 1. The van der Waals surface area contributed by atoms with E-state index in [0.717, 1.165) is 5.56 Å². The van der Waals surface area contributed by atoms with Crippen molar-refractivity contribution in [3.8, 4) is 0 Å². The number of benzene rings is 2. The number of amides is 4. The van der Waals surface area contributed by atoms with Gasteiger partial charge >= 0.3 is 6.03 Å². The van der Waals surface area contributed by atoms with Gasteiger partial charge in [-0.2, -0.15) is 0 Å². The zero-order valence-corrected chi connectivity index (χ0v) is 16.4. The Balaban J connectivity index is 1.98. The summed E-state index contributed by atoms with van der Waals surface area (Å²) >= 11 is 6.05. The van der Waals surface area contributed by atoms with E-state index in [1.54, 1.807) is 48.5 Å². The lowest BCUT2D eigenvalue weighted by atomic mass is 10.0. The minimum atomic E-state index is -0.709. The molecule has 0 heterocycles. The van der Waals surface area contributed by atoms with E-state index < -0.39 is 18.0 Å². The van der Waals surface area contributed by atoms with Crippen molar-refractivity contribution in [2.75, 3.05) is 5.32 Å². The second-order valence-electron chi connectivity index (χ2n) is 6.58. The predicted octanol–water partition coefficient (Wildman–Crippen LogP) is 2.90. The van der Waals surface area contributed by atoms with Crippen molar-refractivity contribution in [2.24, 2.45) is 11.7 Å². The summed E-state index contributed by atoms with van der Waals surface area (Å²) in [7, 11) is 0. The molecule has 0 aliphatic carbocycles. The molecule has 0 fully saturated rings. The summed E-state index contributed by atoms with van der Waals surface area (Å²) in [5, 5.41) is 8.35. The maximum Gasteiger partial charge on any atom is 0.316 e. The van der Waals surface area contributed by atoms with Crippen LogP contribution < -0.4 is 21.7 Å². The molecule has 7 nitrogen and oxygen atoms in total. The van der Waals surface area contributed by atoms with Crippen molar-refractivity contribution in [2.45, 2.75) is 26.4 Å². The van der Waals surface area contributed by atoms with Crippen LogP contribution in [0.2, 0.25) is 5.02 Å². The van der Waals surface area contributed by atoms with Crippen LogP contribution in [0.5, 0.6) is 0 Å². The fourth-order valence-corrected chi connectivity index (χ4v) is 2.77. The number of hydrogen-bond donors (Lipinski definition) is 4. The maximum atomic E-state index is 12.6. The number of anilines is 1. The molecule has 28 heavy (non-hydrogen) atoms. The molecule has 0 aliphatic heterocycles. The molecule has 8 heteroatoms. The number of carbonyl (C=O) groups excluding carboxylic acids is 3. The largest absolute Gasteiger partial charge is 0.351 e. The van der Waals surface area contributed by atoms with Gasteiger partial charge in [-0.3, -0.25) is 9.59 Å². The Labute approximate surface area is 168 Å². The molecule has 0 bridgehead atoms. The average molecular weight is 403 g/mol. The summed E-state index contributed by atoms with van der Waals surface area (Å²) in [5.41, 5.74) is 6.78. The second kappa shape index (κ2) is 9.75. The van der Waals surface area contributed by atoms with Crippen molar-refractivity contribution in [1.82, 2.24) is 10.6 Å². The van der Waals surface area contributed by atoms with Gasteiger partial charge in [0.05, 0.1) is 10.6 Å². The molecule has 2 rings (SSSR count). The third-order valence-corrected chi connectivity index (χ3v) is 4.37. The highest BCUT2D eigenvalue weighted by Crippen LogP contribution is 2.15. The van der Waals surface area contributed by atoms with E-state index in [4.69, 9.17) is 17.3 Å². The van der Waals surface area contributed by atoms with Gasteiger partial charge in [-0.15, -0.1) is 0 Å². The number of primary amides is 1. The Morgan fingerprint density at radius 2 is 1.68 bits per heavy atom. The molecule has 5 N–H and O–H groups in total. The second-order valence-corrected chi connectivity index (χ2v) is 6.99. The van der Waals surface area contributed by atoms with E-state index in [-0.39, 0.29) is 18.4 Å². The zero-order chi connectivity index (χ0) is 20.7. The molecular formula is C20H23ClN4O3. The van der Waals surface area contributed by atoms with E-state index in [1.807, 2.05) is 13.8 Å². The summed E-state index contributed by atoms with van der Waals surface area (Å²) in [5.74, 6) is -0.815. The minimum absolute atomic E-state index is 0.117. The molecule has 0 saturated heterocycles. The lowest BCUT2D eigenvalue weighted by Crippen LogP contribution is -2.49. The first kappa shape index (κ1) is 21.2. The van der Waals surface area contributed by atoms with Crippen LogP contribution in [-0.2, 0) is 11.3 Å². The molecular weight excluding hydrogens is 380 g/mol. The summed E-state index contributed by atoms with van der Waals surface area (Å²) in [4.78, 5) is 35.9. The molecule has 148 valence electrons. The topological polar surface area (TPSA) is 113 Å². The molecule has 0 aliphatic rings. The smallest absolute Gasteiger partial charge is 0.316 e. The highest BCUT2D eigenvalue weighted by Gasteiger charge is 2.25. The maximum absolute atomic E-state index is 12.6. The van der Waals surface area contributed by atoms with Gasteiger partial charge in [-0.25, -0.2) is 4.79 Å². The third-order valence-electron chi connectivity index (χ3n) is 4.04. The molecule has 1 atom stereocenters. The molecule has 2 aromatic carbocycles. The fraction of sp³-hybridized carbons (Fsp3) is 0.250. The predicted molar refractivity (Wildman–Crippen MR) is 109 cm³/mol. The van der Waals surface area contributed by atoms with E-state index in [0.29, 0.717) is 16.3 Å². The number of rotatable bonds is 7. The Morgan fingerprint density at radius 1 is 1.04 bits per heavy atom. The van der Waals surface area contributed by atoms with Crippen LogP contribution in [0.15, 0.2) is 48.5 Å². The monoisotopic (exact) mass is 402 g/mol. The Morgan fingerprint density at radius 3 is 2.25 bits per heavy atom. The first-order chi connectivity index (χ1) is 13.3. The van der Waals surface area contributed by atoms with E-state index in [1.165, 1.54) is 0 Å². The average Bonchev–Trinajstić information content (AvgIpc) is 2.64. The molecule has 0 aromatic heterocycles. The molecule has 0 radical (unpaired) electrons. The number of hydrogen-bond acceptors (Lipinski definition) is 3. The summed E-state index contributed by atoms with van der Waals surface area (Å²) in [6.45, 7) is 3.98. The van der Waals surface area contributed by atoms with Gasteiger partial charge in [-0.1, -0.05) is 49.7 Å². The van der Waals surface area contributed by atoms with Gasteiger partial charge in [0.1, 0.15) is 6.04 Å². The first-order valence-corrected chi connectivity index (χ1v) is 9.14. The summed E-state index contributed by atoms with van der Waals surface area (Å²) < 4.78 is 0. The van der Waals surface area contributed by atoms with Gasteiger partial charge < -0.3 is 21.7 Å². The Hall–Kier alpha value is -3.06. The van der Waals surface area contributed by atoms with Crippen LogP contribution in [0.4, 0.5) is 10.5 Å². The fourth-order valence-electron chi connectivity index (χ4n) is 2.55. The van der Waals surface area contributed by atoms with Crippen LogP contribution in [0, 0.1) is 5.92 Å². The van der Waals surface area contributed by atoms with Gasteiger partial charge in [0.2, 0.25) is 5.91 Å².